The summed E-state index contributed by atoms with van der Waals surface area (Å²) in [4.78, 5) is 0. The van der Waals surface area contributed by atoms with E-state index in [1.165, 1.54) is 38.5 Å². The average molecular weight is 331 g/mol. The number of aryl methyl sites for hydroxylation is 1. The summed E-state index contributed by atoms with van der Waals surface area (Å²) in [6.07, 6.45) is 14.1. The number of hydrogen-bond acceptors (Lipinski definition) is 2. The van der Waals surface area contributed by atoms with Crippen LogP contribution in [0, 0.1) is 0 Å². The van der Waals surface area contributed by atoms with Gasteiger partial charge in [0.1, 0.15) is 0 Å². The third-order valence-corrected chi connectivity index (χ3v) is 3.67. The zero-order valence-electron chi connectivity index (χ0n) is 12.1. The van der Waals surface area contributed by atoms with Crippen LogP contribution in [0.5, 0.6) is 5.75 Å². The molecule has 110 valence electrons. The number of nitrogens with zero attached hydrogens (tertiary/aromatic N) is 2. The fourth-order valence-electron chi connectivity index (χ4n) is 2.04. The van der Waals surface area contributed by atoms with Gasteiger partial charge in [0.25, 0.3) is 0 Å². The van der Waals surface area contributed by atoms with Gasteiger partial charge in [-0.15, -0.1) is 0 Å². The van der Waals surface area contributed by atoms with E-state index in [0.29, 0.717) is 0 Å². The van der Waals surface area contributed by atoms with Gasteiger partial charge in [0.2, 0.25) is 0 Å². The Balaban J connectivity index is 1.92. The maximum Gasteiger partial charge on any atom is 0.157 e. The molecule has 0 unspecified atom stereocenters. The molecule has 1 aromatic rings. The van der Waals surface area contributed by atoms with Crippen LogP contribution in [0.4, 0.5) is 0 Å². The lowest BCUT2D eigenvalue weighted by molar-refractivity contribution is 0.304. The zero-order chi connectivity index (χ0) is 13.8. The van der Waals surface area contributed by atoms with Gasteiger partial charge in [0.15, 0.2) is 5.75 Å². The minimum Gasteiger partial charge on any atom is -0.490 e. The molecule has 0 fully saturated rings. The van der Waals surface area contributed by atoms with Gasteiger partial charge in [0, 0.05) is 11.9 Å². The van der Waals surface area contributed by atoms with Crippen molar-refractivity contribution in [3.05, 3.63) is 12.4 Å². The molecule has 1 rings (SSSR count). The van der Waals surface area contributed by atoms with Crippen LogP contribution in [0.3, 0.4) is 0 Å². The van der Waals surface area contributed by atoms with Gasteiger partial charge in [-0.1, -0.05) is 55.0 Å². The van der Waals surface area contributed by atoms with Crippen LogP contribution in [0.2, 0.25) is 0 Å². The summed E-state index contributed by atoms with van der Waals surface area (Å²) in [5.74, 6) is 0.908. The molecule has 0 atom stereocenters. The first-order valence-electron chi connectivity index (χ1n) is 7.58. The van der Waals surface area contributed by atoms with E-state index in [0.717, 1.165) is 37.1 Å². The van der Waals surface area contributed by atoms with Crippen LogP contribution in [0.15, 0.2) is 12.4 Å². The quantitative estimate of drug-likeness (QED) is 0.406. The highest BCUT2D eigenvalue weighted by Gasteiger charge is 1.98. The standard InChI is InChI=1S/C15H27BrN2O/c1-2-11-18-14-15(13-17-18)19-12-9-7-5-3-4-6-8-10-16/h13-14H,2-12H2,1H3. The van der Waals surface area contributed by atoms with Crippen molar-refractivity contribution in [2.75, 3.05) is 11.9 Å². The van der Waals surface area contributed by atoms with E-state index < -0.39 is 0 Å². The number of hydrogen-bond donors (Lipinski definition) is 0. The molecular formula is C15H27BrN2O. The summed E-state index contributed by atoms with van der Waals surface area (Å²) in [6, 6.07) is 0. The van der Waals surface area contributed by atoms with E-state index in [4.69, 9.17) is 4.74 Å². The van der Waals surface area contributed by atoms with Gasteiger partial charge in [-0.05, 0) is 19.3 Å². The lowest BCUT2D eigenvalue weighted by Crippen LogP contribution is -1.97. The van der Waals surface area contributed by atoms with Gasteiger partial charge in [-0.3, -0.25) is 4.68 Å². The molecule has 3 nitrogen and oxygen atoms in total. The van der Waals surface area contributed by atoms with Crippen molar-refractivity contribution in [2.24, 2.45) is 0 Å². The molecule has 1 heterocycles. The van der Waals surface area contributed by atoms with Crippen LogP contribution in [0.25, 0.3) is 0 Å². The van der Waals surface area contributed by atoms with Crippen LogP contribution in [-0.2, 0) is 6.54 Å². The molecule has 0 radical (unpaired) electrons. The average Bonchev–Trinajstić information content (AvgIpc) is 2.85. The van der Waals surface area contributed by atoms with Gasteiger partial charge in [-0.2, -0.15) is 5.10 Å². The SMILES string of the molecule is CCCn1cc(OCCCCCCCCCBr)cn1. The summed E-state index contributed by atoms with van der Waals surface area (Å²) in [7, 11) is 0. The van der Waals surface area contributed by atoms with E-state index in [1.54, 1.807) is 0 Å². The number of ether oxygens (including phenoxy) is 1. The van der Waals surface area contributed by atoms with Crippen LogP contribution >= 0.6 is 15.9 Å². The Morgan fingerprint density at radius 1 is 1.11 bits per heavy atom. The van der Waals surface area contributed by atoms with E-state index in [1.807, 2.05) is 17.1 Å². The fourth-order valence-corrected chi connectivity index (χ4v) is 2.44. The Hall–Kier alpha value is -0.510. The van der Waals surface area contributed by atoms with Crippen molar-refractivity contribution < 1.29 is 4.74 Å². The summed E-state index contributed by atoms with van der Waals surface area (Å²) in [6.45, 7) is 3.94. The molecular weight excluding hydrogens is 304 g/mol. The summed E-state index contributed by atoms with van der Waals surface area (Å²) in [5, 5.41) is 5.40. The van der Waals surface area contributed by atoms with E-state index >= 15 is 0 Å². The Labute approximate surface area is 125 Å². The molecule has 0 aliphatic rings. The predicted octanol–water partition coefficient (Wildman–Crippen LogP) is 4.80. The van der Waals surface area contributed by atoms with Crippen molar-refractivity contribution >= 4 is 15.9 Å². The first-order chi connectivity index (χ1) is 9.36. The van der Waals surface area contributed by atoms with Gasteiger partial charge >= 0.3 is 0 Å². The summed E-state index contributed by atoms with van der Waals surface area (Å²) < 4.78 is 7.63. The third-order valence-electron chi connectivity index (χ3n) is 3.11. The molecule has 0 saturated carbocycles. The predicted molar refractivity (Wildman–Crippen MR) is 84.1 cm³/mol. The molecule has 4 heteroatoms. The Morgan fingerprint density at radius 2 is 1.79 bits per heavy atom. The molecule has 0 aliphatic carbocycles. The van der Waals surface area contributed by atoms with E-state index in [-0.39, 0.29) is 0 Å². The molecule has 0 spiro atoms. The highest BCUT2D eigenvalue weighted by atomic mass is 79.9. The Morgan fingerprint density at radius 3 is 2.47 bits per heavy atom. The maximum atomic E-state index is 5.69. The lowest BCUT2D eigenvalue weighted by Gasteiger charge is -2.03. The molecule has 0 N–H and O–H groups in total. The molecule has 0 saturated heterocycles. The van der Waals surface area contributed by atoms with Crippen LogP contribution < -0.4 is 4.74 Å². The molecule has 0 bridgehead atoms. The van der Waals surface area contributed by atoms with Gasteiger partial charge in [0.05, 0.1) is 19.0 Å². The van der Waals surface area contributed by atoms with E-state index in [2.05, 4.69) is 28.0 Å². The zero-order valence-corrected chi connectivity index (χ0v) is 13.7. The highest BCUT2D eigenvalue weighted by molar-refractivity contribution is 9.09. The second-order valence-corrected chi connectivity index (χ2v) is 5.74. The van der Waals surface area contributed by atoms with Crippen LogP contribution in [-0.4, -0.2) is 21.7 Å². The first kappa shape index (κ1) is 16.5. The molecule has 1 aromatic heterocycles. The number of alkyl halides is 1. The third kappa shape index (κ3) is 8.30. The fraction of sp³-hybridized carbons (Fsp3) is 0.800. The minimum atomic E-state index is 0.819. The summed E-state index contributed by atoms with van der Waals surface area (Å²) >= 11 is 3.46. The monoisotopic (exact) mass is 330 g/mol. The number of unbranched alkanes of at least 4 members (excludes halogenated alkanes) is 6. The topological polar surface area (TPSA) is 27.1 Å². The lowest BCUT2D eigenvalue weighted by atomic mass is 10.1. The Kier molecular flexibility index (Phi) is 9.86. The number of rotatable bonds is 12. The number of halogens is 1. The first-order valence-corrected chi connectivity index (χ1v) is 8.70. The Bertz CT molecular complexity index is 315. The molecule has 19 heavy (non-hydrogen) atoms. The van der Waals surface area contributed by atoms with Gasteiger partial charge < -0.3 is 4.74 Å². The van der Waals surface area contributed by atoms with Gasteiger partial charge in [-0.25, -0.2) is 0 Å². The van der Waals surface area contributed by atoms with Crippen molar-refractivity contribution in [2.45, 2.75) is 64.8 Å². The smallest absolute Gasteiger partial charge is 0.157 e. The van der Waals surface area contributed by atoms with Crippen molar-refractivity contribution in [3.63, 3.8) is 0 Å². The van der Waals surface area contributed by atoms with Crippen molar-refractivity contribution in [1.82, 2.24) is 9.78 Å². The maximum absolute atomic E-state index is 5.69. The summed E-state index contributed by atoms with van der Waals surface area (Å²) in [5.41, 5.74) is 0. The van der Waals surface area contributed by atoms with E-state index in [9.17, 15) is 0 Å². The van der Waals surface area contributed by atoms with Crippen LogP contribution in [0.1, 0.15) is 58.3 Å². The molecule has 0 amide bonds. The number of aromatic nitrogens is 2. The van der Waals surface area contributed by atoms with Crippen molar-refractivity contribution in [3.8, 4) is 5.75 Å². The van der Waals surface area contributed by atoms with Crippen molar-refractivity contribution in [1.29, 1.82) is 0 Å². The molecule has 0 aliphatic heterocycles. The minimum absolute atomic E-state index is 0.819. The second kappa shape index (κ2) is 11.3. The highest BCUT2D eigenvalue weighted by Crippen LogP contribution is 2.11. The molecule has 0 aromatic carbocycles. The second-order valence-electron chi connectivity index (χ2n) is 4.95. The normalized spacial score (nSPS) is 10.8. The largest absolute Gasteiger partial charge is 0.490 e.